The second-order valence-corrected chi connectivity index (χ2v) is 9.01. The van der Waals surface area contributed by atoms with Crippen LogP contribution in [-0.2, 0) is 16.1 Å². The molecule has 1 aliphatic heterocycles. The number of pyridine rings is 1. The van der Waals surface area contributed by atoms with Crippen molar-refractivity contribution in [1.82, 2.24) is 10.3 Å². The number of fused-ring (bicyclic) bond motifs is 1. The topological polar surface area (TPSA) is 200 Å². The zero-order valence-corrected chi connectivity index (χ0v) is 20.9. The van der Waals surface area contributed by atoms with Gasteiger partial charge in [-0.05, 0) is 42.0 Å². The van der Waals surface area contributed by atoms with Crippen molar-refractivity contribution in [3.63, 3.8) is 0 Å². The maximum Gasteiger partial charge on any atom is 0.335 e. The zero-order valence-electron chi connectivity index (χ0n) is 20.9. The molecule has 0 bridgehead atoms. The van der Waals surface area contributed by atoms with Crippen LogP contribution in [0.25, 0.3) is 10.9 Å². The molecule has 1 saturated heterocycles. The molecule has 2 aromatic carbocycles. The van der Waals surface area contributed by atoms with E-state index in [-0.39, 0.29) is 30.2 Å². The lowest BCUT2D eigenvalue weighted by Gasteiger charge is -2.38. The molecular weight excluding hydrogens is 516 g/mol. The van der Waals surface area contributed by atoms with Gasteiger partial charge in [0.05, 0.1) is 7.11 Å². The number of methoxy groups -OCH3 is 1. The van der Waals surface area contributed by atoms with Crippen molar-refractivity contribution in [3.05, 3.63) is 64.4 Å². The van der Waals surface area contributed by atoms with Gasteiger partial charge in [-0.3, -0.25) is 4.79 Å². The molecule has 2 heterocycles. The highest BCUT2D eigenvalue weighted by molar-refractivity contribution is 5.79. The third kappa shape index (κ3) is 6.84. The summed E-state index contributed by atoms with van der Waals surface area (Å²) in [6, 6.07) is 13.2. The van der Waals surface area contributed by atoms with Gasteiger partial charge in [-0.2, -0.15) is 0 Å². The number of rotatable bonds is 11. The maximum absolute atomic E-state index is 11.4. The Balaban J connectivity index is 1.28. The maximum atomic E-state index is 11.4. The fourth-order valence-corrected chi connectivity index (χ4v) is 4.05. The molecule has 13 heteroatoms. The number of aromatic nitrogens is 1. The molecular formula is C26H30N2O11. The predicted octanol–water partition coefficient (Wildman–Crippen LogP) is -0.663. The highest BCUT2D eigenvalue weighted by atomic mass is 16.7. The van der Waals surface area contributed by atoms with Crippen LogP contribution in [0.5, 0.6) is 17.2 Å². The van der Waals surface area contributed by atoms with Crippen LogP contribution in [0, 0.1) is 0 Å². The molecule has 0 spiro atoms. The zero-order chi connectivity index (χ0) is 28.1. The van der Waals surface area contributed by atoms with Crippen molar-refractivity contribution in [1.29, 1.82) is 0 Å². The van der Waals surface area contributed by atoms with E-state index in [1.54, 1.807) is 36.4 Å². The second kappa shape index (κ2) is 12.4. The first-order valence-corrected chi connectivity index (χ1v) is 12.1. The highest BCUT2D eigenvalue weighted by Gasteiger charge is 2.48. The first-order chi connectivity index (χ1) is 18.7. The quantitative estimate of drug-likeness (QED) is 0.160. The fraction of sp³-hybridized carbons (Fsp3) is 0.385. The van der Waals surface area contributed by atoms with Crippen LogP contribution >= 0.6 is 0 Å². The van der Waals surface area contributed by atoms with Crippen molar-refractivity contribution >= 4 is 16.9 Å². The normalized spacial score (nSPS) is 23.8. The van der Waals surface area contributed by atoms with Gasteiger partial charge < -0.3 is 54.8 Å². The lowest BCUT2D eigenvalue weighted by atomic mass is 9.99. The Morgan fingerprint density at radius 3 is 2.59 bits per heavy atom. The smallest absolute Gasteiger partial charge is 0.335 e. The Labute approximate surface area is 222 Å². The Hall–Kier alpha value is -3.72. The lowest BCUT2D eigenvalue weighted by Crippen LogP contribution is -2.61. The van der Waals surface area contributed by atoms with E-state index < -0.39 is 42.8 Å². The fourth-order valence-electron chi connectivity index (χ4n) is 4.05. The van der Waals surface area contributed by atoms with Gasteiger partial charge in [-0.25, -0.2) is 4.79 Å². The summed E-state index contributed by atoms with van der Waals surface area (Å²) in [7, 11) is 1.39. The molecule has 1 aromatic heterocycles. The van der Waals surface area contributed by atoms with E-state index in [4.69, 9.17) is 18.9 Å². The highest BCUT2D eigenvalue weighted by Crippen LogP contribution is 2.32. The van der Waals surface area contributed by atoms with Crippen molar-refractivity contribution in [2.75, 3.05) is 20.3 Å². The minimum absolute atomic E-state index is 0.0412. The number of aliphatic carboxylic acids is 1. The number of ether oxygens (including phenoxy) is 4. The first-order valence-electron chi connectivity index (χ1n) is 12.1. The van der Waals surface area contributed by atoms with Gasteiger partial charge in [0.15, 0.2) is 17.6 Å². The molecule has 0 aliphatic carbocycles. The number of aliphatic hydroxyl groups is 4. The molecule has 1 fully saturated rings. The molecule has 6 atom stereocenters. The number of nitrogens with one attached hydrogen (secondary N) is 2. The average molecular weight is 547 g/mol. The Morgan fingerprint density at radius 2 is 1.85 bits per heavy atom. The molecule has 1 aliphatic rings. The van der Waals surface area contributed by atoms with Crippen LogP contribution in [0.3, 0.4) is 0 Å². The minimum Gasteiger partial charge on any atom is -0.493 e. The number of carboxylic acid groups (broad SMARTS) is 1. The molecule has 7 N–H and O–H groups in total. The standard InChI is InChI=1S/C26H30N2O11/c1-36-19-8-13(2-6-18(19)38-26-23(33)21(31)22(32)24(39-26)25(34)35)10-27-11-15(29)12-37-16-4-5-17-14(9-16)3-7-20(30)28-17/h2-9,15,21-24,26-27,29,31-33H,10-12H2,1H3,(H,28,30)(H,34,35)/t15?,21-,22-,23+,24-,26+/m1/s1. The SMILES string of the molecule is COc1cc(CNCC(O)COc2ccc3[nH]c(=O)ccc3c2)ccc1O[C@H]1O[C@@H](C(=O)O)[C@H](O)[C@@H](O)[C@@H]1O. The van der Waals surface area contributed by atoms with Crippen LogP contribution in [0.4, 0.5) is 0 Å². The number of benzene rings is 2. The van der Waals surface area contributed by atoms with E-state index in [2.05, 4.69) is 10.3 Å². The van der Waals surface area contributed by atoms with Crippen LogP contribution in [0.2, 0.25) is 0 Å². The number of H-pyrrole nitrogens is 1. The predicted molar refractivity (Wildman–Crippen MR) is 136 cm³/mol. The third-order valence-electron chi connectivity index (χ3n) is 6.13. The van der Waals surface area contributed by atoms with Crippen LogP contribution < -0.4 is 25.1 Å². The third-order valence-corrected chi connectivity index (χ3v) is 6.13. The molecule has 3 aromatic rings. The van der Waals surface area contributed by atoms with Gasteiger partial charge in [0.2, 0.25) is 11.8 Å². The van der Waals surface area contributed by atoms with E-state index in [1.807, 2.05) is 0 Å². The second-order valence-electron chi connectivity index (χ2n) is 9.01. The van der Waals surface area contributed by atoms with Crippen LogP contribution in [-0.4, -0.2) is 93.6 Å². The summed E-state index contributed by atoms with van der Waals surface area (Å²) in [6.07, 6.45) is -9.49. The first kappa shape index (κ1) is 28.3. The lowest BCUT2D eigenvalue weighted by molar-refractivity contribution is -0.271. The van der Waals surface area contributed by atoms with Gasteiger partial charge in [-0.15, -0.1) is 0 Å². The number of carbonyl (C=O) groups is 1. The largest absolute Gasteiger partial charge is 0.493 e. The van der Waals surface area contributed by atoms with Gasteiger partial charge in [-0.1, -0.05) is 6.07 Å². The van der Waals surface area contributed by atoms with E-state index >= 15 is 0 Å². The number of aromatic amines is 1. The molecule has 1 unspecified atom stereocenters. The van der Waals surface area contributed by atoms with Crippen LogP contribution in [0.1, 0.15) is 5.56 Å². The summed E-state index contributed by atoms with van der Waals surface area (Å²) in [6.45, 7) is 0.617. The van der Waals surface area contributed by atoms with Gasteiger partial charge >= 0.3 is 5.97 Å². The summed E-state index contributed by atoms with van der Waals surface area (Å²) in [5.41, 5.74) is 1.26. The van der Waals surface area contributed by atoms with Crippen molar-refractivity contribution in [2.45, 2.75) is 43.4 Å². The molecule has 39 heavy (non-hydrogen) atoms. The Kier molecular flexibility index (Phi) is 9.01. The molecule has 13 nitrogen and oxygen atoms in total. The molecule has 210 valence electrons. The van der Waals surface area contributed by atoms with Gasteiger partial charge in [0.1, 0.15) is 36.8 Å². The van der Waals surface area contributed by atoms with E-state index in [0.29, 0.717) is 17.8 Å². The monoisotopic (exact) mass is 546 g/mol. The summed E-state index contributed by atoms with van der Waals surface area (Å²) >= 11 is 0. The number of hydrogen-bond acceptors (Lipinski definition) is 11. The van der Waals surface area contributed by atoms with Gasteiger partial charge in [0, 0.05) is 30.1 Å². The van der Waals surface area contributed by atoms with E-state index in [9.17, 15) is 35.1 Å². The molecule has 0 saturated carbocycles. The van der Waals surface area contributed by atoms with E-state index in [0.717, 1.165) is 10.9 Å². The van der Waals surface area contributed by atoms with Crippen molar-refractivity contribution in [3.8, 4) is 17.2 Å². The van der Waals surface area contributed by atoms with Crippen LogP contribution in [0.15, 0.2) is 53.3 Å². The summed E-state index contributed by atoms with van der Waals surface area (Å²) < 4.78 is 21.7. The summed E-state index contributed by atoms with van der Waals surface area (Å²) in [5, 5.41) is 53.4. The average Bonchev–Trinajstić information content (AvgIpc) is 2.92. The summed E-state index contributed by atoms with van der Waals surface area (Å²) in [4.78, 5) is 25.4. The number of aliphatic hydroxyl groups excluding tert-OH is 4. The van der Waals surface area contributed by atoms with Gasteiger partial charge in [0.25, 0.3) is 0 Å². The van der Waals surface area contributed by atoms with E-state index in [1.165, 1.54) is 19.2 Å². The molecule has 0 amide bonds. The molecule has 0 radical (unpaired) electrons. The molecule has 4 rings (SSSR count). The summed E-state index contributed by atoms with van der Waals surface area (Å²) in [5.74, 6) is -0.597. The van der Waals surface area contributed by atoms with Crippen molar-refractivity contribution in [2.24, 2.45) is 0 Å². The number of carboxylic acids is 1. The van der Waals surface area contributed by atoms with Crippen molar-refractivity contribution < 1.29 is 49.3 Å². The Bertz CT molecular complexity index is 1350. The minimum atomic E-state index is -1.83. The Morgan fingerprint density at radius 1 is 1.05 bits per heavy atom. The number of hydrogen-bond donors (Lipinski definition) is 7.